The molecule has 4 rings (SSSR count). The monoisotopic (exact) mass is 505 g/mol. The number of rotatable bonds is 6. The van der Waals surface area contributed by atoms with E-state index >= 15 is 0 Å². The summed E-state index contributed by atoms with van der Waals surface area (Å²) in [6.07, 6.45) is 22.1. The average Bonchev–Trinajstić information content (AvgIpc) is 3.70. The van der Waals surface area contributed by atoms with Gasteiger partial charge in [-0.25, -0.2) is 0 Å². The van der Waals surface area contributed by atoms with E-state index in [0.29, 0.717) is 0 Å². The summed E-state index contributed by atoms with van der Waals surface area (Å²) in [6.45, 7) is 27.8. The standard InChI is InChI=1S/C31H29N.3C2H6/c1-6-10-11-12-13-15-27-30(26-20-22(26)9-4)29-25-17-16-21(8-3)23(14-7-2)24(25)18-19-28(29)31(27,5)32;3*1-2/h6-20H,1,3-4,32H2,2,5H3;3*1-2H3/b11-10+,13-12+,14-7-,27-15+,30-26-;;;. The van der Waals surface area contributed by atoms with E-state index in [9.17, 15) is 0 Å². The SMILES string of the molecule is C=C/C=C/C=C/C=C1\C(=C2C=C/2C=C)c2c(ccc3c(/C=C\C)c(C=C)ccc23)C1(C)N.CC.CC.CC. The maximum absolute atomic E-state index is 7.01. The number of nitrogens with two attached hydrogens (primary N) is 1. The third-order valence-electron chi connectivity index (χ3n) is 6.22. The van der Waals surface area contributed by atoms with Crippen LogP contribution < -0.4 is 5.73 Å². The van der Waals surface area contributed by atoms with Crippen molar-refractivity contribution in [3.63, 3.8) is 0 Å². The molecule has 2 aliphatic carbocycles. The Morgan fingerprint density at radius 3 is 1.97 bits per heavy atom. The molecule has 0 bridgehead atoms. The molecule has 0 spiro atoms. The van der Waals surface area contributed by atoms with Crippen LogP contribution in [-0.4, -0.2) is 0 Å². The lowest BCUT2D eigenvalue weighted by Crippen LogP contribution is -2.32. The lowest BCUT2D eigenvalue weighted by atomic mass is 9.89. The molecule has 0 aromatic heterocycles. The van der Waals surface area contributed by atoms with Crippen molar-refractivity contribution in [2.24, 2.45) is 5.73 Å². The molecule has 2 aromatic rings. The summed E-state index contributed by atoms with van der Waals surface area (Å²) in [5, 5.41) is 2.42. The van der Waals surface area contributed by atoms with Crippen molar-refractivity contribution in [1.82, 2.24) is 0 Å². The molecule has 1 heteroatoms. The summed E-state index contributed by atoms with van der Waals surface area (Å²) in [6, 6.07) is 8.74. The molecule has 0 saturated carbocycles. The molecule has 0 saturated heterocycles. The first-order valence-electron chi connectivity index (χ1n) is 13.9. The van der Waals surface area contributed by atoms with Crippen LogP contribution in [0.15, 0.2) is 115 Å². The van der Waals surface area contributed by atoms with Crippen molar-refractivity contribution in [3.05, 3.63) is 138 Å². The number of hydrogen-bond donors (Lipinski definition) is 1. The van der Waals surface area contributed by atoms with Crippen LogP contribution in [0.1, 0.15) is 77.6 Å². The smallest absolute Gasteiger partial charge is 0.0649 e. The maximum Gasteiger partial charge on any atom is 0.0649 e. The van der Waals surface area contributed by atoms with Gasteiger partial charge in [-0.1, -0.05) is 146 Å². The zero-order valence-electron chi connectivity index (χ0n) is 24.9. The minimum absolute atomic E-state index is 0.598. The Bertz CT molecular complexity index is 1330. The Morgan fingerprint density at radius 2 is 1.42 bits per heavy atom. The third kappa shape index (κ3) is 6.41. The van der Waals surface area contributed by atoms with Gasteiger partial charge in [-0.2, -0.15) is 0 Å². The lowest BCUT2D eigenvalue weighted by Gasteiger charge is -2.22. The molecule has 2 N–H and O–H groups in total. The van der Waals surface area contributed by atoms with Crippen LogP contribution in [0, 0.1) is 0 Å². The highest BCUT2D eigenvalue weighted by Gasteiger charge is 2.42. The van der Waals surface area contributed by atoms with Gasteiger partial charge in [0, 0.05) is 0 Å². The molecular formula is C37H47N. The van der Waals surface area contributed by atoms with Crippen LogP contribution >= 0.6 is 0 Å². The van der Waals surface area contributed by atoms with E-state index in [-0.39, 0.29) is 0 Å². The van der Waals surface area contributed by atoms with Gasteiger partial charge in [0.2, 0.25) is 0 Å². The van der Waals surface area contributed by atoms with Crippen molar-refractivity contribution in [2.75, 3.05) is 0 Å². The van der Waals surface area contributed by atoms with Crippen LogP contribution in [-0.2, 0) is 5.54 Å². The summed E-state index contributed by atoms with van der Waals surface area (Å²) in [4.78, 5) is 0. The molecule has 0 fully saturated rings. The van der Waals surface area contributed by atoms with Crippen LogP contribution in [0.4, 0.5) is 0 Å². The number of hydrogen-bond acceptors (Lipinski definition) is 1. The number of fused-ring (bicyclic) bond motifs is 3. The fraction of sp³-hybridized carbons (Fsp3) is 0.243. The van der Waals surface area contributed by atoms with Crippen molar-refractivity contribution < 1.29 is 0 Å². The summed E-state index contributed by atoms with van der Waals surface area (Å²) in [7, 11) is 0. The molecule has 1 unspecified atom stereocenters. The van der Waals surface area contributed by atoms with E-state index < -0.39 is 5.54 Å². The second kappa shape index (κ2) is 15.5. The van der Waals surface area contributed by atoms with Crippen LogP contribution in [0.2, 0.25) is 0 Å². The Hall–Kier alpha value is -3.68. The zero-order chi connectivity index (χ0) is 28.9. The van der Waals surface area contributed by atoms with Gasteiger partial charge >= 0.3 is 0 Å². The van der Waals surface area contributed by atoms with Gasteiger partial charge in [0.15, 0.2) is 0 Å². The predicted octanol–water partition coefficient (Wildman–Crippen LogP) is 10.9. The normalized spacial score (nSPS) is 20.2. The van der Waals surface area contributed by atoms with Gasteiger partial charge < -0.3 is 5.73 Å². The molecule has 1 nitrogen and oxygen atoms in total. The van der Waals surface area contributed by atoms with Gasteiger partial charge in [0.05, 0.1) is 5.54 Å². The minimum atomic E-state index is -0.598. The number of allylic oxidation sites excluding steroid dienone is 11. The first kappa shape index (κ1) is 32.3. The van der Waals surface area contributed by atoms with Gasteiger partial charge in [-0.3, -0.25) is 0 Å². The Kier molecular flexibility index (Phi) is 13.2. The van der Waals surface area contributed by atoms with E-state index in [1.54, 1.807) is 6.08 Å². The molecule has 0 amide bonds. The van der Waals surface area contributed by atoms with Crippen LogP contribution in [0.25, 0.3) is 28.5 Å². The van der Waals surface area contributed by atoms with Gasteiger partial charge in [0.25, 0.3) is 0 Å². The molecule has 200 valence electrons. The summed E-state index contributed by atoms with van der Waals surface area (Å²) in [5.74, 6) is 0. The summed E-state index contributed by atoms with van der Waals surface area (Å²) in [5.41, 5.74) is 15.8. The second-order valence-electron chi connectivity index (χ2n) is 8.24. The quantitative estimate of drug-likeness (QED) is 0.388. The highest BCUT2D eigenvalue weighted by Crippen LogP contribution is 2.54. The largest absolute Gasteiger partial charge is 0.318 e. The molecule has 0 heterocycles. The molecule has 38 heavy (non-hydrogen) atoms. The van der Waals surface area contributed by atoms with Gasteiger partial charge in [-0.05, 0) is 75.2 Å². The van der Waals surface area contributed by atoms with E-state index in [2.05, 4.69) is 75.2 Å². The number of benzene rings is 2. The summed E-state index contributed by atoms with van der Waals surface area (Å²) < 4.78 is 0. The van der Waals surface area contributed by atoms with Gasteiger partial charge in [-0.15, -0.1) is 0 Å². The van der Waals surface area contributed by atoms with Gasteiger partial charge in [0.1, 0.15) is 0 Å². The molecule has 1 atom stereocenters. The lowest BCUT2D eigenvalue weighted by molar-refractivity contribution is 0.622. The van der Waals surface area contributed by atoms with Crippen LogP contribution in [0.3, 0.4) is 0 Å². The highest BCUT2D eigenvalue weighted by molar-refractivity contribution is 6.09. The molecule has 0 aliphatic heterocycles. The Morgan fingerprint density at radius 1 is 0.789 bits per heavy atom. The molecule has 2 aliphatic rings. The summed E-state index contributed by atoms with van der Waals surface area (Å²) >= 11 is 0. The third-order valence-corrected chi connectivity index (χ3v) is 6.22. The molecule has 2 aromatic carbocycles. The Labute approximate surface area is 232 Å². The zero-order valence-corrected chi connectivity index (χ0v) is 24.9. The van der Waals surface area contributed by atoms with E-state index in [1.165, 1.54) is 38.6 Å². The predicted molar refractivity (Wildman–Crippen MR) is 176 cm³/mol. The fourth-order valence-electron chi connectivity index (χ4n) is 4.62. The minimum Gasteiger partial charge on any atom is -0.318 e. The topological polar surface area (TPSA) is 26.0 Å². The van der Waals surface area contributed by atoms with E-state index in [1.807, 2.05) is 84.9 Å². The maximum atomic E-state index is 7.01. The van der Waals surface area contributed by atoms with E-state index in [0.717, 1.165) is 16.7 Å². The first-order valence-corrected chi connectivity index (χ1v) is 13.9. The second-order valence-corrected chi connectivity index (χ2v) is 8.24. The van der Waals surface area contributed by atoms with Crippen molar-refractivity contribution in [3.8, 4) is 0 Å². The van der Waals surface area contributed by atoms with Crippen molar-refractivity contribution in [2.45, 2.75) is 60.9 Å². The van der Waals surface area contributed by atoms with Crippen LogP contribution in [0.5, 0.6) is 0 Å². The average molecular weight is 506 g/mol. The highest BCUT2D eigenvalue weighted by atomic mass is 14.8. The molecular weight excluding hydrogens is 458 g/mol. The fourth-order valence-corrected chi connectivity index (χ4v) is 4.62. The Balaban J connectivity index is 0.00000112. The first-order chi connectivity index (χ1) is 18.5. The van der Waals surface area contributed by atoms with Crippen molar-refractivity contribution >= 4 is 28.5 Å². The molecule has 0 radical (unpaired) electrons. The van der Waals surface area contributed by atoms with E-state index in [4.69, 9.17) is 5.73 Å². The van der Waals surface area contributed by atoms with Crippen molar-refractivity contribution in [1.29, 1.82) is 0 Å².